The fraction of sp³-hybridized carbons (Fsp3) is 0.0625. The number of carbonyl (C=O) groups excluding carboxylic acids is 1. The summed E-state index contributed by atoms with van der Waals surface area (Å²) >= 11 is 12.2. The van der Waals surface area contributed by atoms with Gasteiger partial charge in [-0.25, -0.2) is 5.84 Å². The summed E-state index contributed by atoms with van der Waals surface area (Å²) in [5.41, 5.74) is 4.56. The zero-order valence-electron chi connectivity index (χ0n) is 11.5. The predicted octanol–water partition coefficient (Wildman–Crippen LogP) is 3.60. The molecule has 0 aliphatic rings. The smallest absolute Gasteiger partial charge is 0.267 e. The zero-order valence-corrected chi connectivity index (χ0v) is 13.0. The van der Waals surface area contributed by atoms with E-state index in [1.54, 1.807) is 18.3 Å². The third kappa shape index (κ3) is 2.68. The molecule has 0 aliphatic heterocycles. The molecule has 0 fully saturated rings. The van der Waals surface area contributed by atoms with Crippen molar-refractivity contribution < 1.29 is 4.79 Å². The molecule has 0 radical (unpaired) electrons. The number of hydrazine groups is 1. The van der Waals surface area contributed by atoms with Crippen LogP contribution in [0.15, 0.2) is 48.7 Å². The molecular formula is C16H13Cl2N3O. The Labute approximate surface area is 137 Å². The molecule has 2 aromatic carbocycles. The standard InChI is InChI=1S/C16H13Cl2N3O/c17-11-6-5-10(14(18)7-11)8-21-9-13(16(22)20-19)12-3-1-2-4-15(12)21/h1-7,9H,8,19H2,(H,20,22). The third-order valence-electron chi connectivity index (χ3n) is 3.52. The summed E-state index contributed by atoms with van der Waals surface area (Å²) in [5.74, 6) is 4.93. The van der Waals surface area contributed by atoms with E-state index in [0.717, 1.165) is 16.5 Å². The van der Waals surface area contributed by atoms with Crippen LogP contribution in [0.3, 0.4) is 0 Å². The van der Waals surface area contributed by atoms with Crippen LogP contribution >= 0.6 is 23.2 Å². The van der Waals surface area contributed by atoms with Gasteiger partial charge < -0.3 is 4.57 Å². The lowest BCUT2D eigenvalue weighted by Crippen LogP contribution is -2.29. The first-order valence-electron chi connectivity index (χ1n) is 6.63. The summed E-state index contributed by atoms with van der Waals surface area (Å²) in [6, 6.07) is 13.0. The van der Waals surface area contributed by atoms with Crippen molar-refractivity contribution in [1.29, 1.82) is 0 Å². The summed E-state index contributed by atoms with van der Waals surface area (Å²) in [6.07, 6.45) is 1.78. The predicted molar refractivity (Wildman–Crippen MR) is 89.2 cm³/mol. The van der Waals surface area contributed by atoms with E-state index >= 15 is 0 Å². The minimum atomic E-state index is -0.322. The van der Waals surface area contributed by atoms with Gasteiger partial charge in [0.25, 0.3) is 5.91 Å². The van der Waals surface area contributed by atoms with E-state index in [1.165, 1.54) is 0 Å². The number of nitrogen functional groups attached to an aromatic ring is 1. The van der Waals surface area contributed by atoms with Gasteiger partial charge in [-0.2, -0.15) is 0 Å². The van der Waals surface area contributed by atoms with Crippen LogP contribution in [-0.2, 0) is 6.54 Å². The number of nitrogens with one attached hydrogen (secondary N) is 1. The van der Waals surface area contributed by atoms with E-state index in [9.17, 15) is 4.79 Å². The van der Waals surface area contributed by atoms with E-state index < -0.39 is 0 Å². The number of benzene rings is 2. The van der Waals surface area contributed by atoms with Crippen molar-refractivity contribution >= 4 is 40.0 Å². The van der Waals surface area contributed by atoms with E-state index in [-0.39, 0.29) is 5.91 Å². The maximum absolute atomic E-state index is 11.9. The largest absolute Gasteiger partial charge is 0.342 e. The number of hydrogen-bond donors (Lipinski definition) is 2. The van der Waals surface area contributed by atoms with Gasteiger partial charge in [0.1, 0.15) is 0 Å². The van der Waals surface area contributed by atoms with Crippen molar-refractivity contribution in [1.82, 2.24) is 9.99 Å². The molecule has 1 aromatic heterocycles. The van der Waals surface area contributed by atoms with E-state index in [0.29, 0.717) is 22.2 Å². The van der Waals surface area contributed by atoms with Crippen molar-refractivity contribution in [2.45, 2.75) is 6.54 Å². The van der Waals surface area contributed by atoms with E-state index in [2.05, 4.69) is 5.43 Å². The number of rotatable bonds is 3. The maximum atomic E-state index is 11.9. The van der Waals surface area contributed by atoms with Gasteiger partial charge >= 0.3 is 0 Å². The lowest BCUT2D eigenvalue weighted by Gasteiger charge is -2.08. The van der Waals surface area contributed by atoms with Gasteiger partial charge in [-0.3, -0.25) is 10.2 Å². The molecule has 3 aromatic rings. The fourth-order valence-corrected chi connectivity index (χ4v) is 2.94. The molecule has 0 saturated carbocycles. The third-order valence-corrected chi connectivity index (χ3v) is 4.11. The molecule has 0 bridgehead atoms. The SMILES string of the molecule is NNC(=O)c1cn(Cc2ccc(Cl)cc2Cl)c2ccccc12. The number of para-hydroxylation sites is 1. The number of halogens is 2. The molecule has 0 unspecified atom stereocenters. The highest BCUT2D eigenvalue weighted by Crippen LogP contribution is 2.26. The molecule has 3 N–H and O–H groups in total. The van der Waals surface area contributed by atoms with Gasteiger partial charge in [-0.15, -0.1) is 0 Å². The minimum Gasteiger partial charge on any atom is -0.342 e. The Kier molecular flexibility index (Phi) is 4.07. The highest BCUT2D eigenvalue weighted by atomic mass is 35.5. The lowest BCUT2D eigenvalue weighted by atomic mass is 10.2. The molecule has 0 atom stereocenters. The number of carbonyl (C=O) groups is 1. The number of nitrogens with zero attached hydrogens (tertiary/aromatic N) is 1. The first-order valence-corrected chi connectivity index (χ1v) is 7.38. The van der Waals surface area contributed by atoms with Crippen molar-refractivity contribution in [3.05, 3.63) is 69.8 Å². The van der Waals surface area contributed by atoms with E-state index in [1.807, 2.05) is 34.9 Å². The number of hydrogen-bond acceptors (Lipinski definition) is 2. The maximum Gasteiger partial charge on any atom is 0.267 e. The van der Waals surface area contributed by atoms with Crippen LogP contribution in [0.4, 0.5) is 0 Å². The molecular weight excluding hydrogens is 321 g/mol. The Morgan fingerprint density at radius 3 is 2.68 bits per heavy atom. The molecule has 0 aliphatic carbocycles. The Hall–Kier alpha value is -2.01. The second-order valence-electron chi connectivity index (χ2n) is 4.90. The summed E-state index contributed by atoms with van der Waals surface area (Å²) in [7, 11) is 0. The van der Waals surface area contributed by atoms with Crippen molar-refractivity contribution in [2.75, 3.05) is 0 Å². The summed E-state index contributed by atoms with van der Waals surface area (Å²) in [4.78, 5) is 11.9. The molecule has 112 valence electrons. The lowest BCUT2D eigenvalue weighted by molar-refractivity contribution is 0.0955. The normalized spacial score (nSPS) is 10.9. The van der Waals surface area contributed by atoms with Crippen LogP contribution in [0, 0.1) is 0 Å². The van der Waals surface area contributed by atoms with Gasteiger partial charge in [0.15, 0.2) is 0 Å². The van der Waals surface area contributed by atoms with Crippen molar-refractivity contribution in [2.24, 2.45) is 5.84 Å². The molecule has 0 saturated heterocycles. The van der Waals surface area contributed by atoms with Crippen LogP contribution in [0.2, 0.25) is 10.0 Å². The zero-order chi connectivity index (χ0) is 15.7. The number of nitrogens with two attached hydrogens (primary N) is 1. The first-order chi connectivity index (χ1) is 10.6. The molecule has 22 heavy (non-hydrogen) atoms. The van der Waals surface area contributed by atoms with Crippen LogP contribution in [0.5, 0.6) is 0 Å². The Balaban J connectivity index is 2.09. The van der Waals surface area contributed by atoms with Gasteiger partial charge in [-0.05, 0) is 23.8 Å². The van der Waals surface area contributed by atoms with Crippen LogP contribution in [-0.4, -0.2) is 10.5 Å². The van der Waals surface area contributed by atoms with Gasteiger partial charge in [0.05, 0.1) is 5.56 Å². The highest BCUT2D eigenvalue weighted by Gasteiger charge is 2.14. The average molecular weight is 334 g/mol. The molecule has 0 spiro atoms. The molecule has 3 rings (SSSR count). The number of amides is 1. The van der Waals surface area contributed by atoms with Crippen LogP contribution in [0.1, 0.15) is 15.9 Å². The Bertz CT molecular complexity index is 858. The summed E-state index contributed by atoms with van der Waals surface area (Å²) in [6.45, 7) is 0.536. The van der Waals surface area contributed by atoms with Gasteiger partial charge in [0, 0.05) is 33.7 Å². The number of aromatic nitrogens is 1. The topological polar surface area (TPSA) is 60.0 Å². The minimum absolute atomic E-state index is 0.322. The average Bonchev–Trinajstić information content (AvgIpc) is 2.88. The van der Waals surface area contributed by atoms with Crippen LogP contribution < -0.4 is 11.3 Å². The molecule has 6 heteroatoms. The molecule has 1 amide bonds. The second kappa shape index (κ2) is 6.01. The van der Waals surface area contributed by atoms with Gasteiger partial charge in [0.2, 0.25) is 0 Å². The Morgan fingerprint density at radius 2 is 1.95 bits per heavy atom. The highest BCUT2D eigenvalue weighted by molar-refractivity contribution is 6.35. The Morgan fingerprint density at radius 1 is 1.18 bits per heavy atom. The monoisotopic (exact) mass is 333 g/mol. The van der Waals surface area contributed by atoms with Crippen molar-refractivity contribution in [3.8, 4) is 0 Å². The molecule has 4 nitrogen and oxygen atoms in total. The summed E-state index contributed by atoms with van der Waals surface area (Å²) < 4.78 is 1.97. The molecule has 1 heterocycles. The number of fused-ring (bicyclic) bond motifs is 1. The van der Waals surface area contributed by atoms with Gasteiger partial charge in [-0.1, -0.05) is 47.5 Å². The second-order valence-corrected chi connectivity index (χ2v) is 5.74. The summed E-state index contributed by atoms with van der Waals surface area (Å²) in [5, 5.41) is 2.03. The van der Waals surface area contributed by atoms with E-state index in [4.69, 9.17) is 29.0 Å². The quantitative estimate of drug-likeness (QED) is 0.437. The first kappa shape index (κ1) is 14.9. The fourth-order valence-electron chi connectivity index (χ4n) is 2.47. The van der Waals surface area contributed by atoms with Crippen molar-refractivity contribution in [3.63, 3.8) is 0 Å². The van der Waals surface area contributed by atoms with Crippen LogP contribution in [0.25, 0.3) is 10.9 Å².